The number of rotatable bonds is 8. The molecule has 1 aromatic heterocycles. The van der Waals surface area contributed by atoms with Gasteiger partial charge in [0.2, 0.25) is 0 Å². The number of aromatic nitrogens is 1. The minimum absolute atomic E-state index is 0.149. The first-order valence-corrected chi connectivity index (χ1v) is 10.8. The van der Waals surface area contributed by atoms with Crippen LogP contribution in [0.25, 0.3) is 0 Å². The first kappa shape index (κ1) is 27.1. The highest BCUT2D eigenvalue weighted by atomic mass is 31.2. The van der Waals surface area contributed by atoms with Crippen molar-refractivity contribution in [3.63, 3.8) is 0 Å². The van der Waals surface area contributed by atoms with Crippen molar-refractivity contribution in [2.75, 3.05) is 6.61 Å². The molecule has 31 heavy (non-hydrogen) atoms. The van der Waals surface area contributed by atoms with Crippen LogP contribution in [0.4, 0.5) is 0 Å². The molecular formula is C17H28N3O10P. The minimum atomic E-state index is -5.22. The van der Waals surface area contributed by atoms with Gasteiger partial charge >= 0.3 is 5.97 Å². The van der Waals surface area contributed by atoms with Gasteiger partial charge in [-0.05, 0) is 12.5 Å². The number of hydrogen-bond acceptors (Lipinski definition) is 9. The maximum atomic E-state index is 11.1. The molecule has 1 aliphatic rings. The van der Waals surface area contributed by atoms with Crippen LogP contribution in [0.2, 0.25) is 0 Å². The molecule has 13 nitrogen and oxygen atoms in total. The van der Waals surface area contributed by atoms with E-state index in [0.717, 1.165) is 6.42 Å². The third-order valence-electron chi connectivity index (χ3n) is 4.78. The van der Waals surface area contributed by atoms with Crippen molar-refractivity contribution in [2.24, 2.45) is 11.7 Å². The third kappa shape index (κ3) is 8.24. The van der Waals surface area contributed by atoms with Crippen molar-refractivity contribution in [1.29, 1.82) is 0 Å². The number of hydrogen-bond donors (Lipinski definition) is 5. The molecule has 1 aliphatic heterocycles. The number of carbonyl (C=O) groups is 2. The number of carbonyl (C=O) groups excluding carboxylic acids is 1. The van der Waals surface area contributed by atoms with Crippen molar-refractivity contribution in [2.45, 2.75) is 50.8 Å². The van der Waals surface area contributed by atoms with Crippen LogP contribution < -0.4 is 25.8 Å². The topological polar surface area (TPSA) is 234 Å². The van der Waals surface area contributed by atoms with Gasteiger partial charge in [0.25, 0.3) is 12.1 Å². The van der Waals surface area contributed by atoms with E-state index in [1.165, 1.54) is 29.1 Å². The monoisotopic (exact) mass is 465 g/mol. The second-order valence-corrected chi connectivity index (χ2v) is 8.18. The van der Waals surface area contributed by atoms with Crippen molar-refractivity contribution < 1.29 is 58.8 Å². The summed E-state index contributed by atoms with van der Waals surface area (Å²) in [5.74, 6) is -1.31. The maximum absolute atomic E-state index is 11.1. The van der Waals surface area contributed by atoms with Gasteiger partial charge in [0.15, 0.2) is 24.5 Å². The summed E-state index contributed by atoms with van der Waals surface area (Å²) < 4.78 is 21.1. The van der Waals surface area contributed by atoms with Gasteiger partial charge < -0.3 is 50.4 Å². The fourth-order valence-electron chi connectivity index (χ4n) is 2.60. The minimum Gasteiger partial charge on any atom is -0.790 e. The number of phosphoric acid groups is 1. The number of ether oxygens (including phenoxy) is 1. The van der Waals surface area contributed by atoms with Crippen molar-refractivity contribution in [3.8, 4) is 0 Å². The average Bonchev–Trinajstić information content (AvgIpc) is 2.99. The largest absolute Gasteiger partial charge is 0.790 e. The van der Waals surface area contributed by atoms with E-state index >= 15 is 0 Å². The summed E-state index contributed by atoms with van der Waals surface area (Å²) in [6.07, 6.45) is -1.57. The molecule has 0 saturated carbocycles. The average molecular weight is 465 g/mol. The SMILES string of the molecule is CC[C@H](C)[C@H]([NH3+])C(=O)O.NC(=O)c1ccc[n+]([C@@H]2O[C@H](COP(=O)([O-])[O-])[C@@H](O)[C@H]2O)c1. The lowest BCUT2D eigenvalue weighted by molar-refractivity contribution is -0.765. The Balaban J connectivity index is 0.000000452. The van der Waals surface area contributed by atoms with Crippen molar-refractivity contribution in [1.82, 2.24) is 0 Å². The summed E-state index contributed by atoms with van der Waals surface area (Å²) in [7, 11) is -5.22. The van der Waals surface area contributed by atoms with Gasteiger partial charge in [-0.1, -0.05) is 13.8 Å². The Bertz CT molecular complexity index is 804. The quantitative estimate of drug-likeness (QED) is 0.186. The van der Waals surface area contributed by atoms with Crippen LogP contribution in [0.3, 0.4) is 0 Å². The molecule has 6 atom stereocenters. The van der Waals surface area contributed by atoms with Gasteiger partial charge in [-0.25, -0.2) is 4.79 Å². The summed E-state index contributed by atoms with van der Waals surface area (Å²) in [5.41, 5.74) is 8.80. The molecule has 0 aromatic carbocycles. The standard InChI is InChI=1S/C11H15N2O8P.C6H13NO2/c12-10(16)6-2-1-3-13(4-6)11-9(15)8(14)7(21-11)5-20-22(17,18)19;1-3-4(2)5(7)6(8)9/h1-4,7-9,11,14-15H,5H2,(H3-,12,16,17,18,19);4-5H,3,7H2,1-2H3,(H,8,9)/t7-,8-,9-,11-;4-,5-/m10/s1. The Kier molecular flexibility index (Phi) is 10.1. The molecule has 1 aromatic rings. The summed E-state index contributed by atoms with van der Waals surface area (Å²) in [6.45, 7) is 3.13. The number of phosphoric ester groups is 1. The number of amides is 1. The first-order valence-electron chi connectivity index (χ1n) is 9.33. The van der Waals surface area contributed by atoms with E-state index in [4.69, 9.17) is 15.6 Å². The van der Waals surface area contributed by atoms with Gasteiger partial charge in [0.05, 0.1) is 14.4 Å². The normalized spacial score (nSPS) is 25.3. The molecule has 2 heterocycles. The number of pyridine rings is 1. The Morgan fingerprint density at radius 1 is 1.39 bits per heavy atom. The van der Waals surface area contributed by atoms with E-state index < -0.39 is 56.9 Å². The number of aliphatic hydroxyl groups excluding tert-OH is 2. The molecule has 14 heteroatoms. The van der Waals surface area contributed by atoms with Crippen LogP contribution in [0.5, 0.6) is 0 Å². The first-order chi connectivity index (χ1) is 14.3. The molecule has 1 saturated heterocycles. The summed E-state index contributed by atoms with van der Waals surface area (Å²) >= 11 is 0. The molecule has 2 rings (SSSR count). The zero-order valence-corrected chi connectivity index (χ0v) is 18.0. The number of quaternary nitrogens is 1. The van der Waals surface area contributed by atoms with Crippen LogP contribution in [-0.4, -0.2) is 58.2 Å². The fourth-order valence-corrected chi connectivity index (χ4v) is 2.93. The zero-order valence-electron chi connectivity index (χ0n) is 17.1. The van der Waals surface area contributed by atoms with Crippen molar-refractivity contribution in [3.05, 3.63) is 30.1 Å². The molecule has 0 bridgehead atoms. The number of aliphatic hydroxyl groups is 2. The van der Waals surface area contributed by atoms with Crippen LogP contribution in [0.1, 0.15) is 36.9 Å². The molecule has 0 unspecified atom stereocenters. The van der Waals surface area contributed by atoms with E-state index in [0.29, 0.717) is 0 Å². The van der Waals surface area contributed by atoms with E-state index in [1.54, 1.807) is 0 Å². The molecule has 8 N–H and O–H groups in total. The van der Waals surface area contributed by atoms with Gasteiger partial charge in [0, 0.05) is 12.0 Å². The van der Waals surface area contributed by atoms with Gasteiger partial charge in [-0.2, -0.15) is 4.57 Å². The molecular weight excluding hydrogens is 437 g/mol. The van der Waals surface area contributed by atoms with Crippen LogP contribution in [0, 0.1) is 5.92 Å². The summed E-state index contributed by atoms with van der Waals surface area (Å²) in [6, 6.07) is 2.48. The van der Waals surface area contributed by atoms with E-state index in [2.05, 4.69) is 10.3 Å². The molecule has 0 aliphatic carbocycles. The number of carboxylic acids is 1. The Labute approximate surface area is 178 Å². The van der Waals surface area contributed by atoms with Crippen LogP contribution in [0.15, 0.2) is 24.5 Å². The smallest absolute Gasteiger partial charge is 0.362 e. The Hall–Kier alpha value is -1.96. The highest BCUT2D eigenvalue weighted by Gasteiger charge is 2.48. The molecule has 1 amide bonds. The van der Waals surface area contributed by atoms with E-state index in [1.807, 2.05) is 13.8 Å². The Morgan fingerprint density at radius 3 is 2.45 bits per heavy atom. The Morgan fingerprint density at radius 2 is 2.00 bits per heavy atom. The highest BCUT2D eigenvalue weighted by Crippen LogP contribution is 2.30. The number of aliphatic carboxylic acids is 1. The molecule has 0 spiro atoms. The van der Waals surface area contributed by atoms with Gasteiger partial charge in [-0.15, -0.1) is 0 Å². The number of nitrogens with zero attached hydrogens (tertiary/aromatic N) is 1. The van der Waals surface area contributed by atoms with Gasteiger partial charge in [0.1, 0.15) is 17.8 Å². The molecule has 176 valence electrons. The molecule has 1 fully saturated rings. The predicted molar refractivity (Wildman–Crippen MR) is 98.4 cm³/mol. The van der Waals surface area contributed by atoms with E-state index in [9.17, 15) is 34.2 Å². The van der Waals surface area contributed by atoms with Crippen molar-refractivity contribution >= 4 is 19.7 Å². The second-order valence-electron chi connectivity index (χ2n) is 7.02. The van der Waals surface area contributed by atoms with Crippen LogP contribution in [-0.2, 0) is 18.6 Å². The lowest BCUT2D eigenvalue weighted by Gasteiger charge is -2.30. The van der Waals surface area contributed by atoms with Gasteiger partial charge in [-0.3, -0.25) is 4.79 Å². The summed E-state index contributed by atoms with van der Waals surface area (Å²) in [4.78, 5) is 42.2. The predicted octanol–water partition coefficient (Wildman–Crippen LogP) is -3.73. The number of nitrogens with two attached hydrogens (primary N) is 1. The van der Waals surface area contributed by atoms with Crippen LogP contribution >= 0.6 is 7.82 Å². The number of carboxylic acid groups (broad SMARTS) is 1. The number of primary amides is 1. The maximum Gasteiger partial charge on any atom is 0.362 e. The van der Waals surface area contributed by atoms with E-state index in [-0.39, 0.29) is 11.5 Å². The lowest BCUT2D eigenvalue weighted by atomic mass is 10.0. The third-order valence-corrected chi connectivity index (χ3v) is 5.25. The fraction of sp³-hybridized carbons (Fsp3) is 0.588. The second kappa shape index (κ2) is 11.6. The summed E-state index contributed by atoms with van der Waals surface area (Å²) in [5, 5.41) is 28.2. The highest BCUT2D eigenvalue weighted by molar-refractivity contribution is 7.43. The zero-order chi connectivity index (χ0) is 23.9. The lowest BCUT2D eigenvalue weighted by Crippen LogP contribution is -2.67. The molecule has 0 radical (unpaired) electrons.